The van der Waals surface area contributed by atoms with Crippen LogP contribution in [0.3, 0.4) is 0 Å². The number of halogens is 1. The predicted octanol–water partition coefficient (Wildman–Crippen LogP) is 0.369. The number of hydrogen-bond donors (Lipinski definition) is 2. The number of hydrogen-bond acceptors (Lipinski definition) is 2. The summed E-state index contributed by atoms with van der Waals surface area (Å²) in [5.41, 5.74) is -0.560. The topological polar surface area (TPSA) is 58.2 Å². The van der Waals surface area contributed by atoms with Crippen LogP contribution in [-0.4, -0.2) is 22.8 Å². The Bertz CT molecular complexity index is 248. The largest absolute Gasteiger partial charge is 0.323 e. The first-order valence-electron chi connectivity index (χ1n) is 3.86. The lowest BCUT2D eigenvalue weighted by Gasteiger charge is -2.41. The first-order chi connectivity index (χ1) is 5.66. The van der Waals surface area contributed by atoms with Gasteiger partial charge in [-0.1, -0.05) is 15.9 Å². The molecule has 0 bridgehead atoms. The third-order valence-electron chi connectivity index (χ3n) is 2.51. The second-order valence-electron chi connectivity index (χ2n) is 3.42. The number of imide groups is 1. The maximum Gasteiger partial charge on any atom is 0.322 e. The van der Waals surface area contributed by atoms with Crippen LogP contribution < -0.4 is 10.6 Å². The number of amides is 3. The summed E-state index contributed by atoms with van der Waals surface area (Å²) in [4.78, 5) is 22.0. The van der Waals surface area contributed by atoms with Crippen molar-refractivity contribution in [3.05, 3.63) is 0 Å². The number of nitrogens with one attached hydrogen (secondary N) is 2. The van der Waals surface area contributed by atoms with Crippen molar-refractivity contribution in [1.82, 2.24) is 10.6 Å². The molecule has 5 heteroatoms. The van der Waals surface area contributed by atoms with Crippen molar-refractivity contribution in [3.8, 4) is 0 Å². The highest BCUT2D eigenvalue weighted by molar-refractivity contribution is 9.09. The van der Waals surface area contributed by atoms with Crippen LogP contribution >= 0.6 is 15.9 Å². The first-order valence-corrected chi connectivity index (χ1v) is 4.98. The Balaban J connectivity index is 2.06. The highest BCUT2D eigenvalue weighted by Crippen LogP contribution is 2.40. The Labute approximate surface area is 78.2 Å². The number of rotatable bonds is 1. The molecule has 1 saturated heterocycles. The van der Waals surface area contributed by atoms with Gasteiger partial charge in [0.05, 0.1) is 0 Å². The summed E-state index contributed by atoms with van der Waals surface area (Å²) < 4.78 is 0. The van der Waals surface area contributed by atoms with E-state index >= 15 is 0 Å². The quantitative estimate of drug-likeness (QED) is 0.507. The molecule has 66 valence electrons. The average Bonchev–Trinajstić information content (AvgIpc) is 2.22. The summed E-state index contributed by atoms with van der Waals surface area (Å²) in [7, 11) is 0. The minimum atomic E-state index is -0.560. The van der Waals surface area contributed by atoms with Crippen LogP contribution in [0.2, 0.25) is 0 Å². The van der Waals surface area contributed by atoms with Gasteiger partial charge in [-0.3, -0.25) is 10.1 Å². The van der Waals surface area contributed by atoms with Crippen molar-refractivity contribution < 1.29 is 9.59 Å². The molecule has 0 atom stereocenters. The zero-order chi connectivity index (χ0) is 8.77. The smallest absolute Gasteiger partial charge is 0.322 e. The van der Waals surface area contributed by atoms with Gasteiger partial charge in [-0.25, -0.2) is 4.79 Å². The van der Waals surface area contributed by atoms with Gasteiger partial charge in [0.1, 0.15) is 5.54 Å². The van der Waals surface area contributed by atoms with Crippen LogP contribution in [0.4, 0.5) is 4.79 Å². The fraction of sp³-hybridized carbons (Fsp3) is 0.714. The lowest BCUT2D eigenvalue weighted by molar-refractivity contribution is -0.128. The Hall–Kier alpha value is -0.580. The molecule has 0 aromatic rings. The molecule has 2 rings (SSSR count). The lowest BCUT2D eigenvalue weighted by Crippen LogP contribution is -2.57. The van der Waals surface area contributed by atoms with Crippen molar-refractivity contribution in [2.45, 2.75) is 18.4 Å². The van der Waals surface area contributed by atoms with E-state index in [0.717, 1.165) is 18.2 Å². The molecular formula is C7H9BrN2O2. The van der Waals surface area contributed by atoms with Gasteiger partial charge < -0.3 is 5.32 Å². The minimum Gasteiger partial charge on any atom is -0.323 e. The van der Waals surface area contributed by atoms with Crippen LogP contribution in [-0.2, 0) is 4.79 Å². The summed E-state index contributed by atoms with van der Waals surface area (Å²) in [5, 5.41) is 5.81. The molecule has 4 nitrogen and oxygen atoms in total. The van der Waals surface area contributed by atoms with Crippen LogP contribution in [0.5, 0.6) is 0 Å². The summed E-state index contributed by atoms with van der Waals surface area (Å²) >= 11 is 3.35. The third-order valence-corrected chi connectivity index (χ3v) is 3.42. The third kappa shape index (κ3) is 0.957. The SMILES string of the molecule is O=C1NC(=O)C2(CC(CBr)C2)N1. The van der Waals surface area contributed by atoms with Crippen molar-refractivity contribution in [2.24, 2.45) is 5.92 Å². The van der Waals surface area contributed by atoms with Gasteiger partial charge in [0, 0.05) is 5.33 Å². The standard InChI is InChI=1S/C7H9BrN2O2/c8-3-4-1-7(2-4)5(11)9-6(12)10-7/h4H,1-3H2,(H2,9,10,11,12). The molecular weight excluding hydrogens is 224 g/mol. The van der Waals surface area contributed by atoms with Gasteiger partial charge in [0.15, 0.2) is 0 Å². The summed E-state index contributed by atoms with van der Waals surface area (Å²) in [5.74, 6) is 0.360. The van der Waals surface area contributed by atoms with E-state index < -0.39 is 5.54 Å². The second kappa shape index (κ2) is 2.45. The zero-order valence-electron chi connectivity index (χ0n) is 6.39. The van der Waals surface area contributed by atoms with Gasteiger partial charge >= 0.3 is 6.03 Å². The van der Waals surface area contributed by atoms with E-state index in [1.165, 1.54) is 0 Å². The Morgan fingerprint density at radius 3 is 2.58 bits per heavy atom. The van der Waals surface area contributed by atoms with Crippen LogP contribution in [0, 0.1) is 5.92 Å². The van der Waals surface area contributed by atoms with Crippen LogP contribution in [0.1, 0.15) is 12.8 Å². The predicted molar refractivity (Wildman–Crippen MR) is 45.9 cm³/mol. The Morgan fingerprint density at radius 1 is 1.50 bits per heavy atom. The molecule has 0 unspecified atom stereocenters. The maximum absolute atomic E-state index is 11.2. The maximum atomic E-state index is 11.2. The van der Waals surface area contributed by atoms with Gasteiger partial charge in [-0.05, 0) is 18.8 Å². The van der Waals surface area contributed by atoms with Crippen molar-refractivity contribution in [3.63, 3.8) is 0 Å². The molecule has 1 heterocycles. The van der Waals surface area contributed by atoms with Gasteiger partial charge in [-0.15, -0.1) is 0 Å². The van der Waals surface area contributed by atoms with Crippen molar-refractivity contribution >= 4 is 27.9 Å². The molecule has 12 heavy (non-hydrogen) atoms. The van der Waals surface area contributed by atoms with E-state index in [9.17, 15) is 9.59 Å². The molecule has 0 aromatic heterocycles. The molecule has 1 saturated carbocycles. The second-order valence-corrected chi connectivity index (χ2v) is 4.07. The van der Waals surface area contributed by atoms with E-state index in [2.05, 4.69) is 26.6 Å². The van der Waals surface area contributed by atoms with Crippen LogP contribution in [0.15, 0.2) is 0 Å². The molecule has 2 fully saturated rings. The van der Waals surface area contributed by atoms with E-state index in [4.69, 9.17) is 0 Å². The number of carbonyl (C=O) groups is 2. The summed E-state index contributed by atoms with van der Waals surface area (Å²) in [6.45, 7) is 0. The fourth-order valence-electron chi connectivity index (χ4n) is 1.85. The number of alkyl halides is 1. The van der Waals surface area contributed by atoms with Crippen molar-refractivity contribution in [2.75, 3.05) is 5.33 Å². The van der Waals surface area contributed by atoms with Crippen LogP contribution in [0.25, 0.3) is 0 Å². The fourth-order valence-corrected chi connectivity index (χ4v) is 2.31. The van der Waals surface area contributed by atoms with E-state index in [0.29, 0.717) is 5.92 Å². The lowest BCUT2D eigenvalue weighted by atomic mass is 9.69. The molecule has 0 aromatic carbocycles. The minimum absolute atomic E-state index is 0.162. The molecule has 1 aliphatic heterocycles. The van der Waals surface area contributed by atoms with Crippen molar-refractivity contribution in [1.29, 1.82) is 0 Å². The summed E-state index contributed by atoms with van der Waals surface area (Å²) in [6.07, 6.45) is 1.52. The van der Waals surface area contributed by atoms with E-state index in [1.807, 2.05) is 0 Å². The number of carbonyl (C=O) groups excluding carboxylic acids is 2. The Morgan fingerprint density at radius 2 is 2.17 bits per heavy atom. The highest BCUT2D eigenvalue weighted by atomic mass is 79.9. The summed E-state index contributed by atoms with van der Waals surface area (Å²) in [6, 6.07) is -0.354. The monoisotopic (exact) mass is 232 g/mol. The molecule has 1 aliphatic carbocycles. The van der Waals surface area contributed by atoms with Gasteiger partial charge in [-0.2, -0.15) is 0 Å². The average molecular weight is 233 g/mol. The number of urea groups is 1. The van der Waals surface area contributed by atoms with E-state index in [1.54, 1.807) is 0 Å². The zero-order valence-corrected chi connectivity index (χ0v) is 7.98. The van der Waals surface area contributed by atoms with Gasteiger partial charge in [0.2, 0.25) is 0 Å². The molecule has 1 spiro atoms. The Kier molecular flexibility index (Phi) is 1.64. The molecule has 3 amide bonds. The molecule has 2 aliphatic rings. The molecule has 2 N–H and O–H groups in total. The van der Waals surface area contributed by atoms with Gasteiger partial charge in [0.25, 0.3) is 5.91 Å². The highest BCUT2D eigenvalue weighted by Gasteiger charge is 2.54. The first kappa shape index (κ1) is 8.04. The van der Waals surface area contributed by atoms with E-state index in [-0.39, 0.29) is 11.9 Å². The molecule has 0 radical (unpaired) electrons. The normalized spacial score (nSPS) is 39.2.